The van der Waals surface area contributed by atoms with Crippen LogP contribution in [0.3, 0.4) is 0 Å². The third kappa shape index (κ3) is 5.94. The molecular weight excluding hydrogens is 366 g/mol. The second-order valence-electron chi connectivity index (χ2n) is 6.23. The predicted octanol–water partition coefficient (Wildman–Crippen LogP) is 3.51. The Bertz CT molecular complexity index is 1040. The van der Waals surface area contributed by atoms with Gasteiger partial charge in [0.25, 0.3) is 11.8 Å². The Balaban J connectivity index is 1.53. The molecule has 3 rings (SSSR count). The van der Waals surface area contributed by atoms with Crippen molar-refractivity contribution in [2.75, 3.05) is 11.9 Å². The summed E-state index contributed by atoms with van der Waals surface area (Å²) in [5.41, 5.74) is 2.43. The number of carbonyl (C=O) groups is 2. The molecule has 0 spiro atoms. The first kappa shape index (κ1) is 19.6. The molecule has 0 aliphatic heterocycles. The summed E-state index contributed by atoms with van der Waals surface area (Å²) in [6, 6.07) is 24.9. The van der Waals surface area contributed by atoms with Crippen molar-refractivity contribution in [3.63, 3.8) is 0 Å². The van der Waals surface area contributed by atoms with Crippen molar-refractivity contribution in [3.8, 4) is 11.8 Å². The second-order valence-corrected chi connectivity index (χ2v) is 6.23. The number of carbonyl (C=O) groups excluding carboxylic acids is 2. The topological polar surface area (TPSA) is 91.2 Å². The molecule has 0 heterocycles. The molecule has 0 aliphatic rings. The number of nitrogens with zero attached hydrogens (tertiary/aromatic N) is 1. The molecule has 0 aliphatic carbocycles. The standard InChI is InChI=1S/C23H19N3O3/c24-14-18-8-4-10-20(12-18)26-22(27)16-29-21-11-5-9-19(13-21)23(28)25-15-17-6-2-1-3-7-17/h1-13H,15-16H2,(H,25,28)(H,26,27). The molecule has 3 aromatic rings. The zero-order chi connectivity index (χ0) is 20.5. The molecule has 6 heteroatoms. The Morgan fingerprint density at radius 1 is 0.931 bits per heavy atom. The van der Waals surface area contributed by atoms with E-state index in [1.54, 1.807) is 48.5 Å². The van der Waals surface area contributed by atoms with Crippen molar-refractivity contribution in [2.45, 2.75) is 6.54 Å². The Morgan fingerprint density at radius 2 is 1.72 bits per heavy atom. The van der Waals surface area contributed by atoms with Crippen LogP contribution in [0.2, 0.25) is 0 Å². The van der Waals surface area contributed by atoms with Gasteiger partial charge in [0.2, 0.25) is 0 Å². The third-order valence-electron chi connectivity index (χ3n) is 4.04. The zero-order valence-corrected chi connectivity index (χ0v) is 15.6. The summed E-state index contributed by atoms with van der Waals surface area (Å²) in [7, 11) is 0. The average molecular weight is 385 g/mol. The summed E-state index contributed by atoms with van der Waals surface area (Å²) in [5, 5.41) is 14.4. The molecule has 2 N–H and O–H groups in total. The van der Waals surface area contributed by atoms with Gasteiger partial charge in [-0.2, -0.15) is 5.26 Å². The number of hydrogen-bond acceptors (Lipinski definition) is 4. The molecule has 0 saturated carbocycles. The van der Waals surface area contributed by atoms with Gasteiger partial charge in [-0.1, -0.05) is 42.5 Å². The van der Waals surface area contributed by atoms with E-state index in [4.69, 9.17) is 10.00 Å². The Labute approximate surface area is 168 Å². The molecule has 2 amide bonds. The fraction of sp³-hybridized carbons (Fsp3) is 0.0870. The molecule has 0 aromatic heterocycles. The lowest BCUT2D eigenvalue weighted by molar-refractivity contribution is -0.118. The van der Waals surface area contributed by atoms with Gasteiger partial charge in [-0.05, 0) is 42.0 Å². The van der Waals surface area contributed by atoms with Crippen LogP contribution in [-0.4, -0.2) is 18.4 Å². The molecule has 0 radical (unpaired) electrons. The number of amides is 2. The summed E-state index contributed by atoms with van der Waals surface area (Å²) >= 11 is 0. The van der Waals surface area contributed by atoms with Crippen molar-refractivity contribution in [1.29, 1.82) is 5.26 Å². The number of nitriles is 1. The van der Waals surface area contributed by atoms with Crippen molar-refractivity contribution in [1.82, 2.24) is 5.32 Å². The van der Waals surface area contributed by atoms with Gasteiger partial charge >= 0.3 is 0 Å². The Morgan fingerprint density at radius 3 is 2.52 bits per heavy atom. The highest BCUT2D eigenvalue weighted by Gasteiger charge is 2.09. The maximum Gasteiger partial charge on any atom is 0.262 e. The third-order valence-corrected chi connectivity index (χ3v) is 4.04. The van der Waals surface area contributed by atoms with Crippen LogP contribution in [0.1, 0.15) is 21.5 Å². The Kier molecular flexibility index (Phi) is 6.58. The molecule has 0 saturated heterocycles. The highest BCUT2D eigenvalue weighted by molar-refractivity contribution is 5.94. The molecule has 0 unspecified atom stereocenters. The summed E-state index contributed by atoms with van der Waals surface area (Å²) in [6.07, 6.45) is 0. The maximum atomic E-state index is 12.3. The van der Waals surface area contributed by atoms with E-state index in [0.717, 1.165) is 5.56 Å². The van der Waals surface area contributed by atoms with Crippen LogP contribution < -0.4 is 15.4 Å². The number of hydrogen-bond donors (Lipinski definition) is 2. The lowest BCUT2D eigenvalue weighted by Crippen LogP contribution is -2.23. The number of ether oxygens (including phenoxy) is 1. The Hall–Kier alpha value is -4.11. The van der Waals surface area contributed by atoms with Crippen molar-refractivity contribution in [2.24, 2.45) is 0 Å². The minimum Gasteiger partial charge on any atom is -0.484 e. The number of rotatable bonds is 7. The van der Waals surface area contributed by atoms with E-state index in [1.807, 2.05) is 36.4 Å². The van der Waals surface area contributed by atoms with E-state index in [0.29, 0.717) is 29.1 Å². The van der Waals surface area contributed by atoms with Crippen LogP contribution in [0.5, 0.6) is 5.75 Å². The number of nitrogens with one attached hydrogen (secondary N) is 2. The molecular formula is C23H19N3O3. The van der Waals surface area contributed by atoms with Crippen molar-refractivity contribution in [3.05, 3.63) is 95.6 Å². The fourth-order valence-corrected chi connectivity index (χ4v) is 2.62. The van der Waals surface area contributed by atoms with Gasteiger partial charge in [-0.15, -0.1) is 0 Å². The summed E-state index contributed by atoms with van der Waals surface area (Å²) < 4.78 is 5.49. The van der Waals surface area contributed by atoms with Crippen LogP contribution >= 0.6 is 0 Å². The van der Waals surface area contributed by atoms with E-state index in [1.165, 1.54) is 0 Å². The van der Waals surface area contributed by atoms with Gasteiger partial charge < -0.3 is 15.4 Å². The van der Waals surface area contributed by atoms with Gasteiger partial charge in [0.05, 0.1) is 11.6 Å². The van der Waals surface area contributed by atoms with Crippen LogP contribution in [0.15, 0.2) is 78.9 Å². The second kappa shape index (κ2) is 9.72. The van der Waals surface area contributed by atoms with Gasteiger partial charge in [-0.3, -0.25) is 9.59 Å². The molecule has 0 fully saturated rings. The number of benzene rings is 3. The van der Waals surface area contributed by atoms with E-state index < -0.39 is 0 Å². The van der Waals surface area contributed by atoms with Crippen LogP contribution in [-0.2, 0) is 11.3 Å². The van der Waals surface area contributed by atoms with E-state index in [9.17, 15) is 9.59 Å². The summed E-state index contributed by atoms with van der Waals surface area (Å²) in [6.45, 7) is 0.209. The molecule has 3 aromatic carbocycles. The minimum absolute atomic E-state index is 0.216. The zero-order valence-electron chi connectivity index (χ0n) is 15.6. The first-order valence-corrected chi connectivity index (χ1v) is 8.99. The van der Waals surface area contributed by atoms with E-state index in [2.05, 4.69) is 10.6 Å². The number of anilines is 1. The fourth-order valence-electron chi connectivity index (χ4n) is 2.62. The van der Waals surface area contributed by atoms with Gasteiger partial charge in [0.15, 0.2) is 6.61 Å². The quantitative estimate of drug-likeness (QED) is 0.651. The highest BCUT2D eigenvalue weighted by atomic mass is 16.5. The van der Waals surface area contributed by atoms with Gasteiger partial charge in [0.1, 0.15) is 5.75 Å². The smallest absolute Gasteiger partial charge is 0.262 e. The molecule has 29 heavy (non-hydrogen) atoms. The average Bonchev–Trinajstić information content (AvgIpc) is 2.77. The first-order chi connectivity index (χ1) is 14.1. The minimum atomic E-state index is -0.362. The SMILES string of the molecule is N#Cc1cccc(NC(=O)COc2cccc(C(=O)NCc3ccccc3)c2)c1. The van der Waals surface area contributed by atoms with Crippen molar-refractivity contribution < 1.29 is 14.3 Å². The lowest BCUT2D eigenvalue weighted by Gasteiger charge is -2.09. The first-order valence-electron chi connectivity index (χ1n) is 8.99. The predicted molar refractivity (Wildman–Crippen MR) is 109 cm³/mol. The van der Waals surface area contributed by atoms with Gasteiger partial charge in [0, 0.05) is 17.8 Å². The van der Waals surface area contributed by atoms with Crippen molar-refractivity contribution >= 4 is 17.5 Å². The summed E-state index contributed by atoms with van der Waals surface area (Å²) in [5.74, 6) is -0.172. The van der Waals surface area contributed by atoms with Crippen LogP contribution in [0.25, 0.3) is 0 Å². The largest absolute Gasteiger partial charge is 0.484 e. The van der Waals surface area contributed by atoms with E-state index in [-0.39, 0.29) is 18.4 Å². The summed E-state index contributed by atoms with van der Waals surface area (Å²) in [4.78, 5) is 24.4. The molecule has 0 atom stereocenters. The normalized spacial score (nSPS) is 9.90. The molecule has 6 nitrogen and oxygen atoms in total. The maximum absolute atomic E-state index is 12.3. The molecule has 0 bridgehead atoms. The van der Waals surface area contributed by atoms with Crippen LogP contribution in [0, 0.1) is 11.3 Å². The van der Waals surface area contributed by atoms with E-state index >= 15 is 0 Å². The van der Waals surface area contributed by atoms with Gasteiger partial charge in [-0.25, -0.2) is 0 Å². The van der Waals surface area contributed by atoms with Crippen LogP contribution in [0.4, 0.5) is 5.69 Å². The highest BCUT2D eigenvalue weighted by Crippen LogP contribution is 2.14. The monoisotopic (exact) mass is 385 g/mol. The lowest BCUT2D eigenvalue weighted by atomic mass is 10.2. The molecule has 144 valence electrons.